The van der Waals surface area contributed by atoms with Gasteiger partial charge < -0.3 is 15.6 Å². The molecular weight excluding hydrogens is 262 g/mol. The lowest BCUT2D eigenvalue weighted by atomic mass is 9.83. The van der Waals surface area contributed by atoms with Gasteiger partial charge in [-0.2, -0.15) is 0 Å². The zero-order valence-electron chi connectivity index (χ0n) is 13.1. The first-order chi connectivity index (χ1) is 10.2. The molecule has 1 aliphatic carbocycles. The maximum Gasteiger partial charge on any atom is 0.119 e. The van der Waals surface area contributed by atoms with Crippen molar-refractivity contribution in [3.63, 3.8) is 0 Å². The van der Waals surface area contributed by atoms with Crippen molar-refractivity contribution < 1.29 is 9.84 Å². The van der Waals surface area contributed by atoms with Crippen molar-refractivity contribution in [2.75, 3.05) is 13.7 Å². The fraction of sp³-hybridized carbons (Fsp3) is 0.667. The van der Waals surface area contributed by atoms with Crippen LogP contribution in [0.2, 0.25) is 0 Å². The molecule has 1 aliphatic rings. The summed E-state index contributed by atoms with van der Waals surface area (Å²) in [4.78, 5) is 0. The van der Waals surface area contributed by atoms with Crippen LogP contribution in [0.4, 0.5) is 0 Å². The smallest absolute Gasteiger partial charge is 0.119 e. The fourth-order valence-electron chi connectivity index (χ4n) is 3.47. The van der Waals surface area contributed by atoms with Crippen molar-refractivity contribution in [2.45, 2.75) is 57.0 Å². The minimum atomic E-state index is -0.357. The minimum absolute atomic E-state index is 0.00342. The Morgan fingerprint density at radius 3 is 2.71 bits per heavy atom. The molecule has 1 saturated carbocycles. The molecule has 0 heterocycles. The Bertz CT molecular complexity index is 415. The second-order valence-corrected chi connectivity index (χ2v) is 6.27. The molecule has 1 aromatic carbocycles. The van der Waals surface area contributed by atoms with Crippen molar-refractivity contribution in [1.82, 2.24) is 0 Å². The number of nitrogens with two attached hydrogens (primary N) is 1. The lowest BCUT2D eigenvalue weighted by Crippen LogP contribution is -2.26. The molecule has 0 amide bonds. The second kappa shape index (κ2) is 8.40. The standard InChI is InChI=1S/C18H29NO2/c1-21-16-9-5-8-15(12-16)17(13-19)18(20)11-10-14-6-3-2-4-7-14/h5,8-9,12,14,17-18,20H,2-4,6-7,10-11,13,19H2,1H3. The van der Waals surface area contributed by atoms with Crippen LogP contribution in [0.15, 0.2) is 24.3 Å². The first-order valence-electron chi connectivity index (χ1n) is 8.26. The van der Waals surface area contributed by atoms with Gasteiger partial charge in [-0.3, -0.25) is 0 Å². The summed E-state index contributed by atoms with van der Waals surface area (Å²) < 4.78 is 5.26. The van der Waals surface area contributed by atoms with Crippen molar-refractivity contribution in [3.8, 4) is 5.75 Å². The van der Waals surface area contributed by atoms with Crippen LogP contribution in [0.25, 0.3) is 0 Å². The van der Waals surface area contributed by atoms with Gasteiger partial charge in [-0.05, 0) is 36.5 Å². The molecule has 0 aromatic heterocycles. The Labute approximate surface area is 128 Å². The SMILES string of the molecule is COc1cccc(C(CN)C(O)CCC2CCCCC2)c1. The Morgan fingerprint density at radius 2 is 2.05 bits per heavy atom. The van der Waals surface area contributed by atoms with E-state index < -0.39 is 0 Å². The van der Waals surface area contributed by atoms with Gasteiger partial charge in [-0.1, -0.05) is 44.2 Å². The van der Waals surface area contributed by atoms with Crippen LogP contribution < -0.4 is 10.5 Å². The van der Waals surface area contributed by atoms with Crippen LogP contribution in [0, 0.1) is 5.92 Å². The summed E-state index contributed by atoms with van der Waals surface area (Å²) in [7, 11) is 1.66. The van der Waals surface area contributed by atoms with Crippen LogP contribution in [-0.2, 0) is 0 Å². The van der Waals surface area contributed by atoms with Crippen molar-refractivity contribution in [3.05, 3.63) is 29.8 Å². The summed E-state index contributed by atoms with van der Waals surface area (Å²) in [6, 6.07) is 7.90. The molecule has 1 fully saturated rings. The Balaban J connectivity index is 1.92. The third kappa shape index (κ3) is 4.72. The highest BCUT2D eigenvalue weighted by Crippen LogP contribution is 2.30. The molecule has 1 aromatic rings. The van der Waals surface area contributed by atoms with Gasteiger partial charge in [0.15, 0.2) is 0 Å². The van der Waals surface area contributed by atoms with Gasteiger partial charge in [0.05, 0.1) is 13.2 Å². The lowest BCUT2D eigenvalue weighted by molar-refractivity contribution is 0.123. The highest BCUT2D eigenvalue weighted by molar-refractivity contribution is 5.31. The average molecular weight is 291 g/mol. The second-order valence-electron chi connectivity index (χ2n) is 6.27. The van der Waals surface area contributed by atoms with Crippen LogP contribution in [-0.4, -0.2) is 24.9 Å². The summed E-state index contributed by atoms with van der Waals surface area (Å²) in [5.74, 6) is 1.63. The average Bonchev–Trinajstić information content (AvgIpc) is 2.55. The van der Waals surface area contributed by atoms with E-state index in [0.717, 1.165) is 30.1 Å². The molecule has 2 unspecified atom stereocenters. The number of methoxy groups -OCH3 is 1. The predicted octanol–water partition coefficient (Wildman–Crippen LogP) is 3.46. The van der Waals surface area contributed by atoms with Gasteiger partial charge >= 0.3 is 0 Å². The summed E-state index contributed by atoms with van der Waals surface area (Å²) in [5.41, 5.74) is 6.98. The molecule has 2 atom stereocenters. The quantitative estimate of drug-likeness (QED) is 0.809. The molecule has 3 N–H and O–H groups in total. The highest BCUT2D eigenvalue weighted by Gasteiger charge is 2.22. The first kappa shape index (κ1) is 16.3. The number of hydrogen-bond donors (Lipinski definition) is 2. The molecule has 3 heteroatoms. The normalized spacial score (nSPS) is 19.2. The third-order valence-electron chi connectivity index (χ3n) is 4.84. The predicted molar refractivity (Wildman–Crippen MR) is 86.6 cm³/mol. The van der Waals surface area contributed by atoms with E-state index >= 15 is 0 Å². The van der Waals surface area contributed by atoms with E-state index in [0.29, 0.717) is 6.54 Å². The third-order valence-corrected chi connectivity index (χ3v) is 4.84. The molecule has 0 radical (unpaired) electrons. The molecule has 0 aliphatic heterocycles. The van der Waals surface area contributed by atoms with Gasteiger partial charge in [0, 0.05) is 12.5 Å². The van der Waals surface area contributed by atoms with E-state index in [-0.39, 0.29) is 12.0 Å². The summed E-state index contributed by atoms with van der Waals surface area (Å²) >= 11 is 0. The van der Waals surface area contributed by atoms with E-state index in [9.17, 15) is 5.11 Å². The number of ether oxygens (including phenoxy) is 1. The Hall–Kier alpha value is -1.06. The zero-order valence-corrected chi connectivity index (χ0v) is 13.1. The maximum absolute atomic E-state index is 10.5. The van der Waals surface area contributed by atoms with E-state index in [4.69, 9.17) is 10.5 Å². The maximum atomic E-state index is 10.5. The van der Waals surface area contributed by atoms with E-state index in [1.807, 2.05) is 24.3 Å². The molecule has 118 valence electrons. The van der Waals surface area contributed by atoms with Crippen LogP contribution in [0.1, 0.15) is 56.4 Å². The molecule has 2 rings (SSSR count). The number of hydrogen-bond acceptors (Lipinski definition) is 3. The van der Waals surface area contributed by atoms with Gasteiger partial charge in [-0.25, -0.2) is 0 Å². The molecule has 0 bridgehead atoms. The highest BCUT2D eigenvalue weighted by atomic mass is 16.5. The number of rotatable bonds is 7. The van der Waals surface area contributed by atoms with Crippen LogP contribution in [0.3, 0.4) is 0 Å². The summed E-state index contributed by atoms with van der Waals surface area (Å²) in [6.07, 6.45) is 8.38. The van der Waals surface area contributed by atoms with Crippen LogP contribution in [0.5, 0.6) is 5.75 Å². The van der Waals surface area contributed by atoms with E-state index in [1.54, 1.807) is 7.11 Å². The van der Waals surface area contributed by atoms with Crippen molar-refractivity contribution in [2.24, 2.45) is 11.7 Å². The van der Waals surface area contributed by atoms with E-state index in [2.05, 4.69) is 0 Å². The monoisotopic (exact) mass is 291 g/mol. The van der Waals surface area contributed by atoms with Crippen molar-refractivity contribution in [1.29, 1.82) is 0 Å². The molecular formula is C18H29NO2. The molecule has 0 spiro atoms. The van der Waals surface area contributed by atoms with Gasteiger partial charge in [0.25, 0.3) is 0 Å². The number of benzene rings is 1. The molecule has 0 saturated heterocycles. The summed E-state index contributed by atoms with van der Waals surface area (Å²) in [6.45, 7) is 0.471. The number of aliphatic hydroxyl groups is 1. The topological polar surface area (TPSA) is 55.5 Å². The van der Waals surface area contributed by atoms with Gasteiger partial charge in [0.1, 0.15) is 5.75 Å². The van der Waals surface area contributed by atoms with Crippen LogP contribution >= 0.6 is 0 Å². The van der Waals surface area contributed by atoms with Gasteiger partial charge in [0.2, 0.25) is 0 Å². The fourth-order valence-corrected chi connectivity index (χ4v) is 3.47. The first-order valence-corrected chi connectivity index (χ1v) is 8.26. The van der Waals surface area contributed by atoms with E-state index in [1.165, 1.54) is 32.1 Å². The molecule has 3 nitrogen and oxygen atoms in total. The van der Waals surface area contributed by atoms with Crippen molar-refractivity contribution >= 4 is 0 Å². The van der Waals surface area contributed by atoms with Gasteiger partial charge in [-0.15, -0.1) is 0 Å². The minimum Gasteiger partial charge on any atom is -0.497 e. The Kier molecular flexibility index (Phi) is 6.52. The zero-order chi connectivity index (χ0) is 15.1. The molecule has 21 heavy (non-hydrogen) atoms. The Morgan fingerprint density at radius 1 is 1.29 bits per heavy atom. The summed E-state index contributed by atoms with van der Waals surface area (Å²) in [5, 5.41) is 10.5. The number of aliphatic hydroxyl groups excluding tert-OH is 1. The lowest BCUT2D eigenvalue weighted by Gasteiger charge is -2.26. The largest absolute Gasteiger partial charge is 0.497 e.